The topological polar surface area (TPSA) is 98.1 Å². The van der Waals surface area contributed by atoms with Crippen molar-refractivity contribution < 1.29 is 24.4 Å². The first-order valence-corrected chi connectivity index (χ1v) is 9.56. The molecule has 2 aromatic rings. The SMILES string of the molecule is CC(=O)N(O)CCC(c1ccc(-c2cccc(C)c2)cc1)P(=O)(O)O. The van der Waals surface area contributed by atoms with Crippen molar-refractivity contribution in [2.45, 2.75) is 25.9 Å². The van der Waals surface area contributed by atoms with E-state index in [0.29, 0.717) is 10.6 Å². The van der Waals surface area contributed by atoms with Crippen LogP contribution in [-0.4, -0.2) is 32.5 Å². The Morgan fingerprint density at radius 1 is 1.12 bits per heavy atom. The summed E-state index contributed by atoms with van der Waals surface area (Å²) in [6.45, 7) is 3.03. The Balaban J connectivity index is 2.23. The summed E-state index contributed by atoms with van der Waals surface area (Å²) in [7, 11) is -4.43. The highest BCUT2D eigenvalue weighted by Crippen LogP contribution is 2.53. The molecule has 0 spiro atoms. The zero-order valence-electron chi connectivity index (χ0n) is 14.2. The molecule has 2 aromatic carbocycles. The Bertz CT molecular complexity index is 784. The first kappa shape index (κ1) is 19.3. The van der Waals surface area contributed by atoms with Crippen molar-refractivity contribution in [3.05, 3.63) is 59.7 Å². The summed E-state index contributed by atoms with van der Waals surface area (Å²) >= 11 is 0. The maximum Gasteiger partial charge on any atom is 0.333 e. The minimum absolute atomic E-state index is 0.0376. The summed E-state index contributed by atoms with van der Waals surface area (Å²) in [5.74, 6) is -0.570. The molecule has 1 amide bonds. The van der Waals surface area contributed by atoms with E-state index in [1.807, 2.05) is 43.3 Å². The van der Waals surface area contributed by atoms with E-state index in [9.17, 15) is 24.4 Å². The number of nitrogens with zero attached hydrogens (tertiary/aromatic N) is 1. The van der Waals surface area contributed by atoms with E-state index in [4.69, 9.17) is 0 Å². The molecule has 25 heavy (non-hydrogen) atoms. The van der Waals surface area contributed by atoms with Crippen LogP contribution >= 0.6 is 7.60 Å². The minimum Gasteiger partial charge on any atom is -0.324 e. The van der Waals surface area contributed by atoms with E-state index in [-0.39, 0.29) is 13.0 Å². The second-order valence-electron chi connectivity index (χ2n) is 6.03. The monoisotopic (exact) mass is 363 g/mol. The molecule has 0 radical (unpaired) electrons. The van der Waals surface area contributed by atoms with Gasteiger partial charge >= 0.3 is 7.60 Å². The summed E-state index contributed by atoms with van der Waals surface area (Å²) in [5.41, 5.74) is 2.50. The highest BCUT2D eigenvalue weighted by molar-refractivity contribution is 7.52. The number of aryl methyl sites for hydroxylation is 1. The fraction of sp³-hybridized carbons (Fsp3) is 0.278. The largest absolute Gasteiger partial charge is 0.333 e. The first-order chi connectivity index (χ1) is 11.7. The molecule has 1 atom stereocenters. The summed E-state index contributed by atoms with van der Waals surface area (Å²) in [4.78, 5) is 30.3. The number of benzene rings is 2. The lowest BCUT2D eigenvalue weighted by Crippen LogP contribution is -2.26. The molecule has 0 aliphatic rings. The van der Waals surface area contributed by atoms with Gasteiger partial charge in [-0.3, -0.25) is 14.6 Å². The van der Waals surface area contributed by atoms with E-state index in [1.165, 1.54) is 6.92 Å². The summed E-state index contributed by atoms with van der Waals surface area (Å²) in [6, 6.07) is 14.9. The van der Waals surface area contributed by atoms with Crippen LogP contribution in [0.25, 0.3) is 11.1 Å². The van der Waals surface area contributed by atoms with Gasteiger partial charge in [-0.25, -0.2) is 5.06 Å². The van der Waals surface area contributed by atoms with E-state index in [0.717, 1.165) is 16.7 Å². The van der Waals surface area contributed by atoms with Crippen LogP contribution < -0.4 is 0 Å². The highest BCUT2D eigenvalue weighted by atomic mass is 31.2. The van der Waals surface area contributed by atoms with Crippen molar-refractivity contribution in [1.29, 1.82) is 0 Å². The van der Waals surface area contributed by atoms with Crippen LogP contribution in [-0.2, 0) is 9.36 Å². The quantitative estimate of drug-likeness (QED) is 0.414. The first-order valence-electron chi connectivity index (χ1n) is 7.87. The molecule has 6 nitrogen and oxygen atoms in total. The summed E-state index contributed by atoms with van der Waals surface area (Å²) in [6.07, 6.45) is -0.0376. The molecule has 0 fully saturated rings. The smallest absolute Gasteiger partial charge is 0.324 e. The predicted octanol–water partition coefficient (Wildman–Crippen LogP) is 3.51. The molecule has 0 saturated heterocycles. The van der Waals surface area contributed by atoms with Crippen molar-refractivity contribution in [2.24, 2.45) is 0 Å². The average Bonchev–Trinajstić information content (AvgIpc) is 2.54. The molecular formula is C18H22NO5P. The van der Waals surface area contributed by atoms with Crippen molar-refractivity contribution in [2.75, 3.05) is 6.54 Å². The number of carbonyl (C=O) groups is 1. The molecule has 1 unspecified atom stereocenters. The highest BCUT2D eigenvalue weighted by Gasteiger charge is 2.30. The zero-order chi connectivity index (χ0) is 18.6. The molecule has 0 aromatic heterocycles. The van der Waals surface area contributed by atoms with Crippen LogP contribution in [0.5, 0.6) is 0 Å². The number of rotatable bonds is 6. The molecular weight excluding hydrogens is 341 g/mol. The van der Waals surface area contributed by atoms with Gasteiger partial charge in [0.15, 0.2) is 0 Å². The molecule has 134 valence electrons. The Hall–Kier alpha value is -1.98. The Labute approximate surface area is 146 Å². The molecule has 3 N–H and O–H groups in total. The summed E-state index contributed by atoms with van der Waals surface area (Å²) in [5, 5.41) is 9.90. The average molecular weight is 363 g/mol. The lowest BCUT2D eigenvalue weighted by atomic mass is 10.0. The van der Waals surface area contributed by atoms with Crippen molar-refractivity contribution in [3.63, 3.8) is 0 Å². The van der Waals surface area contributed by atoms with Crippen LogP contribution in [0.2, 0.25) is 0 Å². The lowest BCUT2D eigenvalue weighted by Gasteiger charge is -2.21. The van der Waals surface area contributed by atoms with Gasteiger partial charge in [0.25, 0.3) is 0 Å². The maximum atomic E-state index is 11.8. The molecule has 0 heterocycles. The third-order valence-corrected chi connectivity index (χ3v) is 5.40. The number of hydroxylamine groups is 2. The van der Waals surface area contributed by atoms with Crippen LogP contribution in [0.4, 0.5) is 0 Å². The van der Waals surface area contributed by atoms with Crippen LogP contribution in [0.1, 0.15) is 30.1 Å². The normalized spacial score (nSPS) is 12.7. The Morgan fingerprint density at radius 2 is 1.76 bits per heavy atom. The van der Waals surface area contributed by atoms with Gasteiger partial charge in [-0.15, -0.1) is 0 Å². The van der Waals surface area contributed by atoms with Gasteiger partial charge in [-0.05, 0) is 30.0 Å². The lowest BCUT2D eigenvalue weighted by molar-refractivity contribution is -0.162. The van der Waals surface area contributed by atoms with E-state index in [2.05, 4.69) is 0 Å². The number of amides is 1. The number of carbonyl (C=O) groups excluding carboxylic acids is 1. The van der Waals surface area contributed by atoms with Crippen LogP contribution in [0, 0.1) is 6.92 Å². The fourth-order valence-electron chi connectivity index (χ4n) is 2.65. The van der Waals surface area contributed by atoms with Gasteiger partial charge < -0.3 is 9.79 Å². The van der Waals surface area contributed by atoms with Gasteiger partial charge in [0, 0.05) is 13.5 Å². The second kappa shape index (κ2) is 7.93. The Morgan fingerprint density at radius 3 is 2.28 bits per heavy atom. The molecule has 0 aliphatic heterocycles. The standard InChI is InChI=1S/C18H22NO5P/c1-13-4-3-5-17(12-13)15-6-8-16(9-7-15)18(25(22,23)24)10-11-19(21)14(2)20/h3-9,12,18,21H,10-11H2,1-2H3,(H2,22,23,24). The number of hydrogen-bond donors (Lipinski definition) is 3. The van der Waals surface area contributed by atoms with Gasteiger partial charge in [-0.1, -0.05) is 54.1 Å². The molecule has 2 rings (SSSR count). The third-order valence-electron chi connectivity index (χ3n) is 4.03. The van der Waals surface area contributed by atoms with Crippen molar-refractivity contribution in [1.82, 2.24) is 5.06 Å². The second-order valence-corrected chi connectivity index (χ2v) is 7.83. The predicted molar refractivity (Wildman–Crippen MR) is 95.2 cm³/mol. The molecule has 0 saturated carbocycles. The van der Waals surface area contributed by atoms with Crippen molar-refractivity contribution in [3.8, 4) is 11.1 Å². The fourth-order valence-corrected chi connectivity index (χ4v) is 3.67. The van der Waals surface area contributed by atoms with Crippen molar-refractivity contribution >= 4 is 13.5 Å². The van der Waals surface area contributed by atoms with Gasteiger partial charge in [-0.2, -0.15) is 0 Å². The van der Waals surface area contributed by atoms with Gasteiger partial charge in [0.2, 0.25) is 5.91 Å². The van der Waals surface area contributed by atoms with Gasteiger partial charge in [0.05, 0.1) is 5.66 Å². The van der Waals surface area contributed by atoms with E-state index in [1.54, 1.807) is 12.1 Å². The van der Waals surface area contributed by atoms with Crippen LogP contribution in [0.3, 0.4) is 0 Å². The van der Waals surface area contributed by atoms with E-state index < -0.39 is 19.2 Å². The maximum absolute atomic E-state index is 11.8. The summed E-state index contributed by atoms with van der Waals surface area (Å²) < 4.78 is 11.8. The van der Waals surface area contributed by atoms with Crippen LogP contribution in [0.15, 0.2) is 48.5 Å². The third kappa shape index (κ3) is 5.25. The van der Waals surface area contributed by atoms with Gasteiger partial charge in [0.1, 0.15) is 0 Å². The molecule has 0 aliphatic carbocycles. The minimum atomic E-state index is -4.43. The number of hydrogen-bond acceptors (Lipinski definition) is 3. The molecule has 0 bridgehead atoms. The Kier molecular flexibility index (Phi) is 6.14. The molecule has 7 heteroatoms. The van der Waals surface area contributed by atoms with E-state index >= 15 is 0 Å². The zero-order valence-corrected chi connectivity index (χ0v) is 15.1.